The fourth-order valence-corrected chi connectivity index (χ4v) is 3.16. The third-order valence-electron chi connectivity index (χ3n) is 4.09. The number of pyridine rings is 1. The minimum Gasteiger partial charge on any atom is -0.301 e. The number of rotatable bonds is 5. The maximum absolute atomic E-state index is 12.5. The van der Waals surface area contributed by atoms with Gasteiger partial charge in [-0.2, -0.15) is 0 Å². The number of amides is 1. The first-order valence-electron chi connectivity index (χ1n) is 8.01. The molecule has 0 atom stereocenters. The van der Waals surface area contributed by atoms with Gasteiger partial charge >= 0.3 is 0 Å². The minimum atomic E-state index is -0.251. The van der Waals surface area contributed by atoms with E-state index in [1.165, 1.54) is 19.3 Å². The van der Waals surface area contributed by atoms with E-state index in [0.29, 0.717) is 6.42 Å². The van der Waals surface area contributed by atoms with E-state index in [0.717, 1.165) is 25.5 Å². The Bertz CT molecular complexity index is 458. The van der Waals surface area contributed by atoms with Gasteiger partial charge in [0.1, 0.15) is 5.82 Å². The largest absolute Gasteiger partial charge is 0.301 e. The fraction of sp³-hybridized carbons (Fsp3) is 0.647. The molecule has 0 unspecified atom stereocenters. The van der Waals surface area contributed by atoms with Gasteiger partial charge in [-0.1, -0.05) is 19.4 Å². The van der Waals surface area contributed by atoms with Crippen LogP contribution in [0, 0.1) is 0 Å². The summed E-state index contributed by atoms with van der Waals surface area (Å²) < 4.78 is 0. The molecule has 0 saturated carbocycles. The quantitative estimate of drug-likeness (QED) is 0.831. The molecule has 4 nitrogen and oxygen atoms in total. The zero-order valence-corrected chi connectivity index (χ0v) is 14.7. The van der Waals surface area contributed by atoms with Crippen molar-refractivity contribution in [1.82, 2.24) is 9.88 Å². The number of hydrogen-bond donors (Lipinski definition) is 0. The molecule has 1 aromatic rings. The lowest BCUT2D eigenvalue weighted by Crippen LogP contribution is -2.55. The van der Waals surface area contributed by atoms with Gasteiger partial charge in [0, 0.05) is 19.2 Å². The summed E-state index contributed by atoms with van der Waals surface area (Å²) in [4.78, 5) is 21.2. The van der Waals surface area contributed by atoms with Crippen LogP contribution in [0.25, 0.3) is 0 Å². The van der Waals surface area contributed by atoms with Crippen molar-refractivity contribution in [2.45, 2.75) is 52.0 Å². The summed E-state index contributed by atoms with van der Waals surface area (Å²) in [5, 5.41) is 0. The number of hydrogen-bond acceptors (Lipinski definition) is 3. The topological polar surface area (TPSA) is 36.4 Å². The Morgan fingerprint density at radius 2 is 1.95 bits per heavy atom. The summed E-state index contributed by atoms with van der Waals surface area (Å²) in [6.07, 6.45) is 6.11. The second kappa shape index (κ2) is 8.49. The van der Waals surface area contributed by atoms with E-state index in [1.807, 2.05) is 30.0 Å². The van der Waals surface area contributed by atoms with Crippen molar-refractivity contribution in [1.29, 1.82) is 0 Å². The zero-order valence-electron chi connectivity index (χ0n) is 13.9. The summed E-state index contributed by atoms with van der Waals surface area (Å²) in [5.74, 6) is 0.891. The summed E-state index contributed by atoms with van der Waals surface area (Å²) >= 11 is 0. The Morgan fingerprint density at radius 3 is 2.50 bits per heavy atom. The molecular weight excluding hydrogens is 298 g/mol. The first-order chi connectivity index (χ1) is 10.0. The monoisotopic (exact) mass is 325 g/mol. The second-order valence-electron chi connectivity index (χ2n) is 6.42. The highest BCUT2D eigenvalue weighted by Crippen LogP contribution is 2.25. The SMILES string of the molecule is CCC(=O)N(c1ccccn1)C(C)(C)CN1CCCCC1.Cl. The molecule has 0 N–H and O–H groups in total. The smallest absolute Gasteiger partial charge is 0.228 e. The number of likely N-dealkylation sites (tertiary alicyclic amines) is 1. The van der Waals surface area contributed by atoms with E-state index >= 15 is 0 Å². The zero-order chi connectivity index (χ0) is 15.3. The van der Waals surface area contributed by atoms with Crippen LogP contribution in [0.2, 0.25) is 0 Å². The lowest BCUT2D eigenvalue weighted by molar-refractivity contribution is -0.119. The van der Waals surface area contributed by atoms with Crippen molar-refractivity contribution in [2.75, 3.05) is 24.5 Å². The van der Waals surface area contributed by atoms with Gasteiger partial charge in [0.25, 0.3) is 0 Å². The molecule has 2 heterocycles. The van der Waals surface area contributed by atoms with Crippen LogP contribution >= 0.6 is 12.4 Å². The van der Waals surface area contributed by atoms with Gasteiger partial charge in [-0.05, 0) is 51.9 Å². The van der Waals surface area contributed by atoms with Crippen LogP contribution in [0.3, 0.4) is 0 Å². The third kappa shape index (κ3) is 4.68. The number of aromatic nitrogens is 1. The van der Waals surface area contributed by atoms with Crippen LogP contribution in [0.1, 0.15) is 46.5 Å². The van der Waals surface area contributed by atoms with Crippen LogP contribution in [-0.2, 0) is 4.79 Å². The third-order valence-corrected chi connectivity index (χ3v) is 4.09. The molecule has 1 aromatic heterocycles. The van der Waals surface area contributed by atoms with Crippen molar-refractivity contribution in [3.63, 3.8) is 0 Å². The first kappa shape index (κ1) is 18.9. The van der Waals surface area contributed by atoms with Crippen molar-refractivity contribution < 1.29 is 4.79 Å². The molecule has 22 heavy (non-hydrogen) atoms. The molecule has 1 aliphatic rings. The van der Waals surface area contributed by atoms with Gasteiger partial charge in [0.15, 0.2) is 0 Å². The van der Waals surface area contributed by atoms with Gasteiger partial charge < -0.3 is 4.90 Å². The van der Waals surface area contributed by atoms with Gasteiger partial charge in [-0.25, -0.2) is 4.98 Å². The summed E-state index contributed by atoms with van der Waals surface area (Å²) in [6.45, 7) is 9.37. The molecule has 2 rings (SSSR count). The highest BCUT2D eigenvalue weighted by Gasteiger charge is 2.34. The van der Waals surface area contributed by atoms with Gasteiger partial charge in [0.05, 0.1) is 5.54 Å². The van der Waals surface area contributed by atoms with E-state index in [4.69, 9.17) is 0 Å². The van der Waals surface area contributed by atoms with Crippen LogP contribution < -0.4 is 4.90 Å². The number of carbonyl (C=O) groups is 1. The first-order valence-corrected chi connectivity index (χ1v) is 8.01. The second-order valence-corrected chi connectivity index (χ2v) is 6.42. The molecule has 0 radical (unpaired) electrons. The lowest BCUT2D eigenvalue weighted by Gasteiger charge is -2.42. The van der Waals surface area contributed by atoms with Gasteiger partial charge in [-0.3, -0.25) is 9.69 Å². The highest BCUT2D eigenvalue weighted by molar-refractivity contribution is 5.93. The average Bonchev–Trinajstić information content (AvgIpc) is 2.48. The maximum atomic E-state index is 12.5. The molecule has 0 spiro atoms. The molecular formula is C17H28ClN3O. The number of carbonyl (C=O) groups excluding carboxylic acids is 1. The van der Waals surface area contributed by atoms with Crippen LogP contribution in [-0.4, -0.2) is 41.0 Å². The molecule has 124 valence electrons. The van der Waals surface area contributed by atoms with E-state index in [2.05, 4.69) is 23.7 Å². The standard InChI is InChI=1S/C17H27N3O.ClH/c1-4-16(21)20(15-10-6-7-11-18-15)17(2,3)14-19-12-8-5-9-13-19;/h6-7,10-11H,4-5,8-9,12-14H2,1-3H3;1H. The molecule has 1 fully saturated rings. The van der Waals surface area contributed by atoms with Crippen molar-refractivity contribution in [2.24, 2.45) is 0 Å². The molecule has 0 aliphatic carbocycles. The summed E-state index contributed by atoms with van der Waals surface area (Å²) in [6, 6.07) is 5.75. The normalized spacial score (nSPS) is 16.0. The van der Waals surface area contributed by atoms with Crippen molar-refractivity contribution in [3.8, 4) is 0 Å². The summed E-state index contributed by atoms with van der Waals surface area (Å²) in [7, 11) is 0. The number of anilines is 1. The highest BCUT2D eigenvalue weighted by atomic mass is 35.5. The predicted octanol–water partition coefficient (Wildman–Crippen LogP) is 3.51. The molecule has 0 bridgehead atoms. The van der Waals surface area contributed by atoms with E-state index in [1.54, 1.807) is 6.20 Å². The van der Waals surface area contributed by atoms with Crippen LogP contribution in [0.4, 0.5) is 5.82 Å². The van der Waals surface area contributed by atoms with Crippen molar-refractivity contribution >= 4 is 24.1 Å². The molecule has 1 saturated heterocycles. The van der Waals surface area contributed by atoms with Gasteiger partial charge in [0.2, 0.25) is 5.91 Å². The van der Waals surface area contributed by atoms with Gasteiger partial charge in [-0.15, -0.1) is 12.4 Å². The lowest BCUT2D eigenvalue weighted by atomic mass is 9.99. The maximum Gasteiger partial charge on any atom is 0.228 e. The van der Waals surface area contributed by atoms with E-state index < -0.39 is 0 Å². The Hall–Kier alpha value is -1.13. The molecule has 0 aromatic carbocycles. The Kier molecular flexibility index (Phi) is 7.30. The average molecular weight is 326 g/mol. The Balaban J connectivity index is 0.00000242. The Labute approximate surface area is 140 Å². The Morgan fingerprint density at radius 1 is 1.27 bits per heavy atom. The molecule has 1 aliphatic heterocycles. The predicted molar refractivity (Wildman–Crippen MR) is 93.6 cm³/mol. The molecule has 5 heteroatoms. The fourth-order valence-electron chi connectivity index (χ4n) is 3.16. The van der Waals surface area contributed by atoms with Crippen LogP contribution in [0.15, 0.2) is 24.4 Å². The number of nitrogens with zero attached hydrogens (tertiary/aromatic N) is 3. The molecule has 1 amide bonds. The van der Waals surface area contributed by atoms with E-state index in [-0.39, 0.29) is 23.9 Å². The van der Waals surface area contributed by atoms with Crippen LogP contribution in [0.5, 0.6) is 0 Å². The summed E-state index contributed by atoms with van der Waals surface area (Å²) in [5.41, 5.74) is -0.251. The minimum absolute atomic E-state index is 0. The van der Waals surface area contributed by atoms with Crippen molar-refractivity contribution in [3.05, 3.63) is 24.4 Å². The number of halogens is 1. The number of piperidine rings is 1. The van der Waals surface area contributed by atoms with E-state index in [9.17, 15) is 4.79 Å².